The van der Waals surface area contributed by atoms with Gasteiger partial charge in [0.25, 0.3) is 0 Å². The van der Waals surface area contributed by atoms with Crippen molar-refractivity contribution in [2.45, 2.75) is 39.0 Å². The molecule has 1 aliphatic heterocycles. The number of fused-ring (bicyclic) bond motifs is 1. The number of rotatable bonds is 2. The molecule has 0 radical (unpaired) electrons. The van der Waals surface area contributed by atoms with Crippen molar-refractivity contribution in [1.82, 2.24) is 4.90 Å². The summed E-state index contributed by atoms with van der Waals surface area (Å²) in [7, 11) is 0. The van der Waals surface area contributed by atoms with Crippen LogP contribution >= 0.6 is 0 Å². The van der Waals surface area contributed by atoms with Gasteiger partial charge in [0.05, 0.1) is 5.92 Å². The Balaban J connectivity index is 1.64. The van der Waals surface area contributed by atoms with Crippen LogP contribution in [0.25, 0.3) is 0 Å². The van der Waals surface area contributed by atoms with Gasteiger partial charge in [-0.25, -0.2) is 0 Å². The zero-order chi connectivity index (χ0) is 14.8. The number of aryl methyl sites for hydroxylation is 2. The van der Waals surface area contributed by atoms with Crippen LogP contribution in [0.5, 0.6) is 0 Å². The van der Waals surface area contributed by atoms with Crippen LogP contribution in [0.1, 0.15) is 37.3 Å². The number of anilines is 1. The first kappa shape index (κ1) is 14.1. The highest BCUT2D eigenvalue weighted by Gasteiger charge is 2.27. The summed E-state index contributed by atoms with van der Waals surface area (Å²) in [6, 6.07) is 6.22. The quantitative estimate of drug-likeness (QED) is 0.907. The predicted octanol–water partition coefficient (Wildman–Crippen LogP) is 2.37. The monoisotopic (exact) mass is 286 g/mol. The summed E-state index contributed by atoms with van der Waals surface area (Å²) in [5.74, 6) is 0.0137. The van der Waals surface area contributed by atoms with Crippen molar-refractivity contribution >= 4 is 17.5 Å². The minimum Gasteiger partial charge on any atom is -0.342 e. The van der Waals surface area contributed by atoms with E-state index in [2.05, 4.69) is 17.4 Å². The van der Waals surface area contributed by atoms with Gasteiger partial charge in [0.15, 0.2) is 0 Å². The molecule has 1 saturated heterocycles. The average molecular weight is 286 g/mol. The number of hydrogen-bond acceptors (Lipinski definition) is 2. The van der Waals surface area contributed by atoms with Gasteiger partial charge in [-0.1, -0.05) is 6.07 Å². The van der Waals surface area contributed by atoms with E-state index in [1.807, 2.05) is 6.07 Å². The first-order valence-corrected chi connectivity index (χ1v) is 7.81. The van der Waals surface area contributed by atoms with Gasteiger partial charge < -0.3 is 10.2 Å². The fourth-order valence-corrected chi connectivity index (χ4v) is 3.37. The van der Waals surface area contributed by atoms with Crippen molar-refractivity contribution in [3.63, 3.8) is 0 Å². The predicted molar refractivity (Wildman–Crippen MR) is 82.1 cm³/mol. The molecule has 0 aromatic heterocycles. The number of carbonyl (C=O) groups excluding carboxylic acids is 2. The van der Waals surface area contributed by atoms with Crippen LogP contribution in [0, 0.1) is 5.92 Å². The normalized spacial score (nSPS) is 21.0. The van der Waals surface area contributed by atoms with E-state index in [9.17, 15) is 9.59 Å². The molecular formula is C17H22N2O2. The summed E-state index contributed by atoms with van der Waals surface area (Å²) in [5, 5.41) is 3.02. The Morgan fingerprint density at radius 3 is 2.81 bits per heavy atom. The average Bonchev–Trinajstić information content (AvgIpc) is 2.95. The summed E-state index contributed by atoms with van der Waals surface area (Å²) < 4.78 is 0. The maximum atomic E-state index is 12.4. The first-order valence-electron chi connectivity index (χ1n) is 7.81. The molecule has 1 aromatic carbocycles. The third-order valence-electron chi connectivity index (χ3n) is 4.60. The van der Waals surface area contributed by atoms with E-state index in [0.29, 0.717) is 6.54 Å². The van der Waals surface area contributed by atoms with Gasteiger partial charge in [0.2, 0.25) is 11.8 Å². The molecule has 3 rings (SSSR count). The number of nitrogens with zero attached hydrogens (tertiary/aromatic N) is 1. The summed E-state index contributed by atoms with van der Waals surface area (Å²) in [6.07, 6.45) is 5.24. The fourth-order valence-electron chi connectivity index (χ4n) is 3.37. The second kappa shape index (κ2) is 5.88. The molecule has 1 atom stereocenters. The van der Waals surface area contributed by atoms with E-state index in [4.69, 9.17) is 0 Å². The Morgan fingerprint density at radius 2 is 2.00 bits per heavy atom. The van der Waals surface area contributed by atoms with E-state index >= 15 is 0 Å². The van der Waals surface area contributed by atoms with Crippen LogP contribution in [-0.2, 0) is 22.4 Å². The van der Waals surface area contributed by atoms with E-state index in [1.165, 1.54) is 17.5 Å². The first-order chi connectivity index (χ1) is 10.1. The lowest BCUT2D eigenvalue weighted by Crippen LogP contribution is -2.42. The molecule has 1 aliphatic carbocycles. The van der Waals surface area contributed by atoms with Crippen LogP contribution in [0.2, 0.25) is 0 Å². The molecule has 0 bridgehead atoms. The highest BCUT2D eigenvalue weighted by Crippen LogP contribution is 2.26. The molecule has 0 unspecified atom stereocenters. The van der Waals surface area contributed by atoms with Gasteiger partial charge in [0, 0.05) is 25.7 Å². The number of likely N-dealkylation sites (tertiary alicyclic amines) is 1. The SMILES string of the molecule is CC(=O)N1CCC[C@H](C(=O)Nc2ccc3c(c2)CCC3)C1. The lowest BCUT2D eigenvalue weighted by molar-refractivity contribution is -0.132. The standard InChI is InChI=1S/C17H22N2O2/c1-12(20)19-9-3-6-15(11-19)17(21)18-16-8-7-13-4-2-5-14(13)10-16/h7-8,10,15H,2-6,9,11H2,1H3,(H,18,21)/t15-/m0/s1. The molecule has 4 nitrogen and oxygen atoms in total. The van der Waals surface area contributed by atoms with Crippen molar-refractivity contribution in [3.8, 4) is 0 Å². The maximum Gasteiger partial charge on any atom is 0.229 e. The van der Waals surface area contributed by atoms with Gasteiger partial charge in [-0.2, -0.15) is 0 Å². The summed E-state index contributed by atoms with van der Waals surface area (Å²) in [6.45, 7) is 2.89. The summed E-state index contributed by atoms with van der Waals surface area (Å²) >= 11 is 0. The van der Waals surface area contributed by atoms with Gasteiger partial charge in [-0.15, -0.1) is 0 Å². The number of nitrogens with one attached hydrogen (secondary N) is 1. The Labute approximate surface area is 125 Å². The van der Waals surface area contributed by atoms with Crippen molar-refractivity contribution in [2.75, 3.05) is 18.4 Å². The summed E-state index contributed by atoms with van der Waals surface area (Å²) in [5.41, 5.74) is 3.66. The molecule has 1 N–H and O–H groups in total. The molecule has 112 valence electrons. The smallest absolute Gasteiger partial charge is 0.229 e. The summed E-state index contributed by atoms with van der Waals surface area (Å²) in [4.78, 5) is 25.6. The van der Waals surface area contributed by atoms with Crippen molar-refractivity contribution in [2.24, 2.45) is 5.92 Å². The molecule has 1 heterocycles. The van der Waals surface area contributed by atoms with E-state index in [-0.39, 0.29) is 17.7 Å². The second-order valence-corrected chi connectivity index (χ2v) is 6.13. The number of hydrogen-bond donors (Lipinski definition) is 1. The van der Waals surface area contributed by atoms with Crippen molar-refractivity contribution in [1.29, 1.82) is 0 Å². The second-order valence-electron chi connectivity index (χ2n) is 6.13. The maximum absolute atomic E-state index is 12.4. The molecule has 2 amide bonds. The van der Waals surface area contributed by atoms with Crippen LogP contribution in [0.4, 0.5) is 5.69 Å². The highest BCUT2D eigenvalue weighted by atomic mass is 16.2. The van der Waals surface area contributed by atoms with E-state index in [0.717, 1.165) is 37.9 Å². The Kier molecular flexibility index (Phi) is 3.95. The number of carbonyl (C=O) groups is 2. The molecular weight excluding hydrogens is 264 g/mol. The number of amides is 2. The van der Waals surface area contributed by atoms with Gasteiger partial charge in [0.1, 0.15) is 0 Å². The third-order valence-corrected chi connectivity index (χ3v) is 4.60. The zero-order valence-electron chi connectivity index (χ0n) is 12.5. The van der Waals surface area contributed by atoms with E-state index < -0.39 is 0 Å². The number of piperidine rings is 1. The molecule has 4 heteroatoms. The van der Waals surface area contributed by atoms with E-state index in [1.54, 1.807) is 11.8 Å². The molecule has 2 aliphatic rings. The highest BCUT2D eigenvalue weighted by molar-refractivity contribution is 5.93. The Bertz CT molecular complexity index is 568. The van der Waals surface area contributed by atoms with Gasteiger partial charge >= 0.3 is 0 Å². The molecule has 0 saturated carbocycles. The Morgan fingerprint density at radius 1 is 1.19 bits per heavy atom. The lowest BCUT2D eigenvalue weighted by Gasteiger charge is -2.31. The van der Waals surface area contributed by atoms with Gasteiger partial charge in [-0.3, -0.25) is 9.59 Å². The largest absolute Gasteiger partial charge is 0.342 e. The number of benzene rings is 1. The van der Waals surface area contributed by atoms with Crippen molar-refractivity contribution in [3.05, 3.63) is 29.3 Å². The lowest BCUT2D eigenvalue weighted by atomic mass is 9.97. The van der Waals surface area contributed by atoms with Crippen LogP contribution in [0.3, 0.4) is 0 Å². The Hall–Kier alpha value is -1.84. The molecule has 1 aromatic rings. The van der Waals surface area contributed by atoms with Crippen LogP contribution < -0.4 is 5.32 Å². The van der Waals surface area contributed by atoms with Crippen LogP contribution in [0.15, 0.2) is 18.2 Å². The topological polar surface area (TPSA) is 49.4 Å². The zero-order valence-corrected chi connectivity index (χ0v) is 12.5. The fraction of sp³-hybridized carbons (Fsp3) is 0.529. The third kappa shape index (κ3) is 3.09. The molecule has 1 fully saturated rings. The minimum atomic E-state index is -0.0871. The molecule has 0 spiro atoms. The minimum absolute atomic E-state index is 0.0406. The van der Waals surface area contributed by atoms with Gasteiger partial charge in [-0.05, 0) is 55.4 Å². The molecule has 21 heavy (non-hydrogen) atoms. The van der Waals surface area contributed by atoms with Crippen LogP contribution in [-0.4, -0.2) is 29.8 Å². The van der Waals surface area contributed by atoms with Crippen molar-refractivity contribution < 1.29 is 9.59 Å².